The molecule has 1 aliphatic rings. The van der Waals surface area contributed by atoms with E-state index in [9.17, 15) is 9.59 Å². The van der Waals surface area contributed by atoms with E-state index in [2.05, 4.69) is 15.5 Å². The number of urea groups is 1. The first-order valence-electron chi connectivity index (χ1n) is 7.72. The van der Waals surface area contributed by atoms with Crippen molar-refractivity contribution in [2.45, 2.75) is 25.3 Å². The molecule has 1 aromatic heterocycles. The molecule has 1 unspecified atom stereocenters. The number of likely N-dealkylation sites (tertiary alicyclic amines) is 1. The molecule has 1 aromatic rings. The van der Waals surface area contributed by atoms with Crippen LogP contribution in [0.15, 0.2) is 0 Å². The maximum absolute atomic E-state index is 12.1. The van der Waals surface area contributed by atoms with Gasteiger partial charge in [0.25, 0.3) is 0 Å². The summed E-state index contributed by atoms with van der Waals surface area (Å²) in [5.74, 6) is 1.85. The molecular formula is C14H25N7O2. The van der Waals surface area contributed by atoms with Crippen molar-refractivity contribution in [2.75, 3.05) is 33.7 Å². The normalized spacial score (nSPS) is 18.3. The van der Waals surface area contributed by atoms with E-state index in [0.717, 1.165) is 31.0 Å². The maximum atomic E-state index is 12.1. The molecule has 1 saturated heterocycles. The summed E-state index contributed by atoms with van der Waals surface area (Å²) in [6.45, 7) is 1.94. The molecule has 128 valence electrons. The second-order valence-corrected chi connectivity index (χ2v) is 6.17. The van der Waals surface area contributed by atoms with Crippen molar-refractivity contribution < 1.29 is 9.59 Å². The first kappa shape index (κ1) is 17.2. The lowest BCUT2D eigenvalue weighted by atomic mass is 9.97. The van der Waals surface area contributed by atoms with Gasteiger partial charge in [-0.25, -0.2) is 4.79 Å². The summed E-state index contributed by atoms with van der Waals surface area (Å²) < 4.78 is 2.01. The number of aromatic nitrogens is 3. The molecule has 1 atom stereocenters. The van der Waals surface area contributed by atoms with E-state index < -0.39 is 6.03 Å². The van der Waals surface area contributed by atoms with Crippen LogP contribution < -0.4 is 11.1 Å². The number of primary amides is 1. The molecule has 23 heavy (non-hydrogen) atoms. The first-order chi connectivity index (χ1) is 10.9. The Bertz CT molecular complexity index is 569. The standard InChI is InChI=1S/C14H25N7O2/c1-19(2)9-11-17-18-13(20(11)3)10-5-4-6-21(8-10)12(22)7-16-14(15)23/h10H,4-9H2,1-3H3,(H3,15,16,23). The van der Waals surface area contributed by atoms with Gasteiger partial charge < -0.3 is 25.4 Å². The van der Waals surface area contributed by atoms with Crippen LogP contribution in [0.1, 0.15) is 30.4 Å². The van der Waals surface area contributed by atoms with E-state index in [1.54, 1.807) is 4.90 Å². The summed E-state index contributed by atoms with van der Waals surface area (Å²) in [5, 5.41) is 10.9. The fourth-order valence-corrected chi connectivity index (χ4v) is 2.84. The van der Waals surface area contributed by atoms with Crippen LogP contribution >= 0.6 is 0 Å². The summed E-state index contributed by atoms with van der Waals surface area (Å²) in [6.07, 6.45) is 1.88. The number of hydrogen-bond acceptors (Lipinski definition) is 5. The van der Waals surface area contributed by atoms with Gasteiger partial charge in [-0.15, -0.1) is 10.2 Å². The maximum Gasteiger partial charge on any atom is 0.312 e. The van der Waals surface area contributed by atoms with Crippen molar-refractivity contribution >= 4 is 11.9 Å². The van der Waals surface area contributed by atoms with Crippen molar-refractivity contribution in [2.24, 2.45) is 12.8 Å². The van der Waals surface area contributed by atoms with E-state index in [1.165, 1.54) is 0 Å². The number of piperidine rings is 1. The number of nitrogens with one attached hydrogen (secondary N) is 1. The van der Waals surface area contributed by atoms with Crippen molar-refractivity contribution in [1.82, 2.24) is 29.9 Å². The molecule has 0 saturated carbocycles. The van der Waals surface area contributed by atoms with Crippen LogP contribution in [0, 0.1) is 0 Å². The predicted molar refractivity (Wildman–Crippen MR) is 84.5 cm³/mol. The van der Waals surface area contributed by atoms with Crippen molar-refractivity contribution in [3.05, 3.63) is 11.6 Å². The second-order valence-electron chi connectivity index (χ2n) is 6.17. The van der Waals surface area contributed by atoms with Crippen molar-refractivity contribution in [3.63, 3.8) is 0 Å². The molecule has 9 nitrogen and oxygen atoms in total. The van der Waals surface area contributed by atoms with Crippen LogP contribution in [0.3, 0.4) is 0 Å². The fraction of sp³-hybridized carbons (Fsp3) is 0.714. The Morgan fingerprint density at radius 3 is 2.78 bits per heavy atom. The molecule has 0 bridgehead atoms. The van der Waals surface area contributed by atoms with Crippen molar-refractivity contribution in [1.29, 1.82) is 0 Å². The third kappa shape index (κ3) is 4.41. The van der Waals surface area contributed by atoms with Gasteiger partial charge in [-0.1, -0.05) is 0 Å². The highest BCUT2D eigenvalue weighted by molar-refractivity contribution is 5.83. The van der Waals surface area contributed by atoms with Crippen LogP contribution in [0.5, 0.6) is 0 Å². The van der Waals surface area contributed by atoms with Gasteiger partial charge in [-0.3, -0.25) is 4.79 Å². The number of carbonyl (C=O) groups excluding carboxylic acids is 2. The molecular weight excluding hydrogens is 298 g/mol. The minimum Gasteiger partial charge on any atom is -0.352 e. The fourth-order valence-electron chi connectivity index (χ4n) is 2.84. The van der Waals surface area contributed by atoms with Crippen molar-refractivity contribution in [3.8, 4) is 0 Å². The monoisotopic (exact) mass is 323 g/mol. The SMILES string of the molecule is CN(C)Cc1nnc(C2CCCN(C(=O)CNC(N)=O)C2)n1C. The van der Waals surface area contributed by atoms with Crippen LogP contribution in [0.2, 0.25) is 0 Å². The zero-order valence-corrected chi connectivity index (χ0v) is 13.9. The van der Waals surface area contributed by atoms with Gasteiger partial charge in [-0.05, 0) is 26.9 Å². The zero-order chi connectivity index (χ0) is 17.0. The lowest BCUT2D eigenvalue weighted by Gasteiger charge is -2.32. The number of nitrogens with zero attached hydrogens (tertiary/aromatic N) is 5. The van der Waals surface area contributed by atoms with Gasteiger partial charge in [-0.2, -0.15) is 0 Å². The quantitative estimate of drug-likeness (QED) is 0.741. The van der Waals surface area contributed by atoms with E-state index in [0.29, 0.717) is 13.1 Å². The third-order valence-corrected chi connectivity index (χ3v) is 4.01. The molecule has 0 radical (unpaired) electrons. The van der Waals surface area contributed by atoms with Crippen LogP contribution in [-0.4, -0.2) is 70.2 Å². The summed E-state index contributed by atoms with van der Waals surface area (Å²) in [7, 11) is 5.94. The molecule has 9 heteroatoms. The average molecular weight is 323 g/mol. The Hall–Kier alpha value is -2.16. The molecule has 2 heterocycles. The summed E-state index contributed by atoms with van der Waals surface area (Å²) in [6, 6.07) is -0.687. The average Bonchev–Trinajstić information content (AvgIpc) is 2.85. The number of carbonyl (C=O) groups is 2. The molecule has 1 fully saturated rings. The number of nitrogens with two attached hydrogens (primary N) is 1. The molecule has 0 spiro atoms. The van der Waals surface area contributed by atoms with Gasteiger partial charge in [0.2, 0.25) is 5.91 Å². The van der Waals surface area contributed by atoms with E-state index >= 15 is 0 Å². The minimum atomic E-state index is -0.687. The highest BCUT2D eigenvalue weighted by Crippen LogP contribution is 2.25. The Balaban J connectivity index is 2.02. The molecule has 0 aromatic carbocycles. The topological polar surface area (TPSA) is 109 Å². The first-order valence-corrected chi connectivity index (χ1v) is 7.72. The second kappa shape index (κ2) is 7.40. The van der Waals surface area contributed by atoms with Crippen LogP contribution in [-0.2, 0) is 18.4 Å². The Morgan fingerprint density at radius 1 is 1.39 bits per heavy atom. The van der Waals surface area contributed by atoms with E-state index in [1.807, 2.05) is 30.6 Å². The smallest absolute Gasteiger partial charge is 0.312 e. The molecule has 1 aliphatic heterocycles. The largest absolute Gasteiger partial charge is 0.352 e. The van der Waals surface area contributed by atoms with Gasteiger partial charge in [0.05, 0.1) is 13.1 Å². The lowest BCUT2D eigenvalue weighted by molar-refractivity contribution is -0.131. The van der Waals surface area contributed by atoms with Gasteiger partial charge >= 0.3 is 6.03 Å². The molecule has 0 aliphatic carbocycles. The Morgan fingerprint density at radius 2 is 2.13 bits per heavy atom. The number of amides is 3. The van der Waals surface area contributed by atoms with E-state index in [-0.39, 0.29) is 18.4 Å². The van der Waals surface area contributed by atoms with E-state index in [4.69, 9.17) is 5.73 Å². The molecule has 3 N–H and O–H groups in total. The Labute approximate surface area is 135 Å². The molecule has 2 rings (SSSR count). The highest BCUT2D eigenvalue weighted by Gasteiger charge is 2.28. The zero-order valence-electron chi connectivity index (χ0n) is 13.9. The third-order valence-electron chi connectivity index (χ3n) is 4.01. The van der Waals surface area contributed by atoms with Gasteiger partial charge in [0.1, 0.15) is 11.6 Å². The number of hydrogen-bond donors (Lipinski definition) is 2. The molecule has 3 amide bonds. The highest BCUT2D eigenvalue weighted by atomic mass is 16.2. The lowest BCUT2D eigenvalue weighted by Crippen LogP contribution is -2.45. The summed E-state index contributed by atoms with van der Waals surface area (Å²) in [5.41, 5.74) is 5.00. The summed E-state index contributed by atoms with van der Waals surface area (Å²) in [4.78, 5) is 26.6. The predicted octanol–water partition coefficient (Wildman–Crippen LogP) is -0.749. The minimum absolute atomic E-state index is 0.0627. The van der Waals surface area contributed by atoms with Gasteiger partial charge in [0.15, 0.2) is 0 Å². The number of rotatable bonds is 5. The summed E-state index contributed by atoms with van der Waals surface area (Å²) >= 11 is 0. The van der Waals surface area contributed by atoms with Gasteiger partial charge in [0, 0.05) is 26.1 Å². The Kier molecular flexibility index (Phi) is 5.54. The van der Waals surface area contributed by atoms with Crippen LogP contribution in [0.4, 0.5) is 4.79 Å². The van der Waals surface area contributed by atoms with Crippen LogP contribution in [0.25, 0.3) is 0 Å².